The molecule has 3 rings (SSSR count). The summed E-state index contributed by atoms with van der Waals surface area (Å²) in [5, 5.41) is 3.01. The number of hydrogen-bond acceptors (Lipinski definition) is 6. The molecule has 0 saturated carbocycles. The number of nitrogens with one attached hydrogen (secondary N) is 1. The molecule has 0 aromatic carbocycles. The summed E-state index contributed by atoms with van der Waals surface area (Å²) in [6, 6.07) is 0.769. The summed E-state index contributed by atoms with van der Waals surface area (Å²) in [6.45, 7) is 3.39. The van der Waals surface area contributed by atoms with Gasteiger partial charge in [0.25, 0.3) is 5.91 Å². The number of rotatable bonds is 4. The second-order valence-electron chi connectivity index (χ2n) is 6.32. The van der Waals surface area contributed by atoms with E-state index in [1.165, 1.54) is 19.2 Å². The zero-order valence-corrected chi connectivity index (χ0v) is 16.5. The highest BCUT2D eigenvalue weighted by molar-refractivity contribution is 8.01. The molecule has 3 atom stereocenters. The van der Waals surface area contributed by atoms with E-state index in [1.807, 2.05) is 6.92 Å². The molecule has 10 heteroatoms. The number of carbonyl (C=O) groups is 3. The third kappa shape index (κ3) is 3.63. The van der Waals surface area contributed by atoms with E-state index in [0.717, 1.165) is 0 Å². The first-order valence-electron chi connectivity index (χ1n) is 8.00. The van der Waals surface area contributed by atoms with E-state index in [2.05, 4.69) is 10.3 Å². The van der Waals surface area contributed by atoms with Crippen LogP contribution < -0.4 is 5.32 Å². The Kier molecular flexibility index (Phi) is 5.37. The summed E-state index contributed by atoms with van der Waals surface area (Å²) in [5.74, 6) is -0.637. The Bertz CT molecular complexity index is 778. The summed E-state index contributed by atoms with van der Waals surface area (Å²) in [4.78, 5) is 42.0. The van der Waals surface area contributed by atoms with Crippen molar-refractivity contribution in [2.45, 2.75) is 43.7 Å². The maximum Gasteiger partial charge on any atom is 0.330 e. The Hall–Kier alpha value is -1.51. The smallest absolute Gasteiger partial charge is 0.330 e. The van der Waals surface area contributed by atoms with Gasteiger partial charge in [-0.05, 0) is 26.3 Å². The number of anilines is 1. The average Bonchev–Trinajstić information content (AvgIpc) is 3.06. The minimum Gasteiger partial charge on any atom is -0.451 e. The first-order chi connectivity index (χ1) is 12.2. The summed E-state index contributed by atoms with van der Waals surface area (Å²) in [6.07, 6.45) is 1.40. The molecule has 0 spiro atoms. The van der Waals surface area contributed by atoms with Gasteiger partial charge in [0.1, 0.15) is 6.04 Å². The van der Waals surface area contributed by atoms with Crippen molar-refractivity contribution in [3.05, 3.63) is 22.3 Å². The minimum atomic E-state index is -1.06. The van der Waals surface area contributed by atoms with Crippen LogP contribution in [0, 0.1) is 0 Å². The van der Waals surface area contributed by atoms with Gasteiger partial charge in [0.15, 0.2) is 11.9 Å². The molecule has 2 amide bonds. The molecule has 140 valence electrons. The summed E-state index contributed by atoms with van der Waals surface area (Å²) in [7, 11) is 0. The maximum atomic E-state index is 12.5. The van der Waals surface area contributed by atoms with Crippen LogP contribution in [0.4, 0.5) is 5.82 Å². The first-order valence-corrected chi connectivity index (χ1v) is 9.74. The van der Waals surface area contributed by atoms with Crippen molar-refractivity contribution >= 4 is 58.6 Å². The normalized spacial score (nSPS) is 25.8. The van der Waals surface area contributed by atoms with Gasteiger partial charge in [-0.25, -0.2) is 9.78 Å². The van der Waals surface area contributed by atoms with Gasteiger partial charge in [-0.15, -0.1) is 11.8 Å². The van der Waals surface area contributed by atoms with Crippen molar-refractivity contribution in [1.29, 1.82) is 0 Å². The number of esters is 1. The second kappa shape index (κ2) is 7.25. The highest BCUT2D eigenvalue weighted by atomic mass is 35.5. The number of halogens is 2. The highest BCUT2D eigenvalue weighted by Gasteiger charge is 2.53. The van der Waals surface area contributed by atoms with Gasteiger partial charge in [0.05, 0.1) is 14.9 Å². The maximum absolute atomic E-state index is 12.5. The van der Waals surface area contributed by atoms with Crippen LogP contribution in [0.2, 0.25) is 10.0 Å². The van der Waals surface area contributed by atoms with Crippen molar-refractivity contribution in [3.63, 3.8) is 0 Å². The van der Waals surface area contributed by atoms with Crippen LogP contribution >= 0.6 is 35.0 Å². The van der Waals surface area contributed by atoms with Crippen LogP contribution in [0.15, 0.2) is 12.3 Å². The molecule has 1 N–H and O–H groups in total. The van der Waals surface area contributed by atoms with E-state index in [-0.39, 0.29) is 21.6 Å². The van der Waals surface area contributed by atoms with Gasteiger partial charge in [0.2, 0.25) is 5.91 Å². The average molecular weight is 418 g/mol. The summed E-state index contributed by atoms with van der Waals surface area (Å²) < 4.78 is 5.28. The van der Waals surface area contributed by atoms with Gasteiger partial charge in [0, 0.05) is 18.4 Å². The van der Waals surface area contributed by atoms with Crippen molar-refractivity contribution in [1.82, 2.24) is 9.88 Å². The molecule has 1 aromatic rings. The van der Waals surface area contributed by atoms with Crippen LogP contribution in [-0.2, 0) is 19.1 Å². The zero-order valence-electron chi connectivity index (χ0n) is 14.1. The van der Waals surface area contributed by atoms with E-state index in [9.17, 15) is 14.4 Å². The number of thioether (sulfide) groups is 1. The number of pyridine rings is 1. The fraction of sp³-hybridized carbons (Fsp3) is 0.500. The number of carbonyl (C=O) groups excluding carboxylic acids is 3. The van der Waals surface area contributed by atoms with E-state index >= 15 is 0 Å². The van der Waals surface area contributed by atoms with E-state index in [1.54, 1.807) is 16.7 Å². The van der Waals surface area contributed by atoms with Crippen molar-refractivity contribution in [3.8, 4) is 0 Å². The quantitative estimate of drug-likeness (QED) is 0.757. The largest absolute Gasteiger partial charge is 0.451 e. The molecule has 0 bridgehead atoms. The number of amides is 2. The lowest BCUT2D eigenvalue weighted by atomic mass is 10.2. The number of ether oxygens (including phenoxy) is 1. The topological polar surface area (TPSA) is 88.6 Å². The van der Waals surface area contributed by atoms with Crippen LogP contribution in [0.3, 0.4) is 0 Å². The Morgan fingerprint density at radius 2 is 2.23 bits per heavy atom. The Labute approximate surface area is 164 Å². The molecule has 7 nitrogen and oxygen atoms in total. The number of hydrogen-bond donors (Lipinski definition) is 1. The lowest BCUT2D eigenvalue weighted by molar-refractivity contribution is -0.160. The van der Waals surface area contributed by atoms with Gasteiger partial charge >= 0.3 is 5.97 Å². The molecule has 2 aliphatic heterocycles. The van der Waals surface area contributed by atoms with Gasteiger partial charge in [-0.3, -0.25) is 9.59 Å². The van der Waals surface area contributed by atoms with Gasteiger partial charge < -0.3 is 15.0 Å². The molecule has 2 fully saturated rings. The Morgan fingerprint density at radius 3 is 2.92 bits per heavy atom. The van der Waals surface area contributed by atoms with Crippen LogP contribution in [-0.4, -0.2) is 50.4 Å². The summed E-state index contributed by atoms with van der Waals surface area (Å²) in [5.41, 5.74) is 0. The molecule has 2 saturated heterocycles. The van der Waals surface area contributed by atoms with Crippen molar-refractivity contribution in [2.75, 3.05) is 11.1 Å². The Balaban J connectivity index is 1.62. The van der Waals surface area contributed by atoms with Crippen LogP contribution in [0.5, 0.6) is 0 Å². The molecule has 0 unspecified atom stereocenters. The standard InChI is InChI=1S/C16H17Cl2N3O4S/c1-8(14(23)20-13-10(18)5-9(17)6-19-13)25-15(24)11-7-26-16(2)4-3-12(22)21(11)16/h5-6,8,11H,3-4,7H2,1-2H3,(H,19,20,23)/t8-,11+,16+/m0/s1. The molecular formula is C16H17Cl2N3O4S. The zero-order chi connectivity index (χ0) is 19.1. The molecule has 3 heterocycles. The van der Waals surface area contributed by atoms with Crippen LogP contribution in [0.25, 0.3) is 0 Å². The summed E-state index contributed by atoms with van der Waals surface area (Å²) >= 11 is 13.3. The predicted molar refractivity (Wildman–Crippen MR) is 99.2 cm³/mol. The predicted octanol–water partition coefficient (Wildman–Crippen LogP) is 2.71. The second-order valence-corrected chi connectivity index (χ2v) is 8.66. The third-order valence-corrected chi connectivity index (χ3v) is 6.43. The minimum absolute atomic E-state index is 0.0614. The Morgan fingerprint density at radius 1 is 1.50 bits per heavy atom. The molecule has 0 aliphatic carbocycles. The first kappa shape index (κ1) is 19.3. The number of fused-ring (bicyclic) bond motifs is 1. The van der Waals surface area contributed by atoms with Gasteiger partial charge in [-0.1, -0.05) is 23.2 Å². The van der Waals surface area contributed by atoms with E-state index < -0.39 is 24.0 Å². The highest BCUT2D eigenvalue weighted by Crippen LogP contribution is 2.47. The molecule has 0 radical (unpaired) electrons. The van der Waals surface area contributed by atoms with Gasteiger partial charge in [-0.2, -0.15) is 0 Å². The van der Waals surface area contributed by atoms with E-state index in [4.69, 9.17) is 27.9 Å². The molecular weight excluding hydrogens is 401 g/mol. The van der Waals surface area contributed by atoms with Crippen molar-refractivity contribution < 1.29 is 19.1 Å². The number of nitrogens with zero attached hydrogens (tertiary/aromatic N) is 2. The molecule has 2 aliphatic rings. The fourth-order valence-corrected chi connectivity index (χ4v) is 4.87. The SMILES string of the molecule is C[C@H](OC(=O)[C@H]1CS[C@]2(C)CCC(=O)N12)C(=O)Nc1ncc(Cl)cc1Cl. The van der Waals surface area contributed by atoms with Crippen LogP contribution in [0.1, 0.15) is 26.7 Å². The molecule has 26 heavy (non-hydrogen) atoms. The fourth-order valence-electron chi connectivity index (χ4n) is 3.03. The van der Waals surface area contributed by atoms with E-state index in [0.29, 0.717) is 23.6 Å². The molecule has 1 aromatic heterocycles. The number of aromatic nitrogens is 1. The lowest BCUT2D eigenvalue weighted by Crippen LogP contribution is -2.48. The monoisotopic (exact) mass is 417 g/mol. The third-order valence-electron chi connectivity index (χ3n) is 4.43. The van der Waals surface area contributed by atoms with Crippen molar-refractivity contribution in [2.24, 2.45) is 0 Å². The lowest BCUT2D eigenvalue weighted by Gasteiger charge is -2.29.